The number of nitrogens with zero attached hydrogens (tertiary/aromatic N) is 1. The van der Waals surface area contributed by atoms with Gasteiger partial charge in [-0.15, -0.1) is 0 Å². The van der Waals surface area contributed by atoms with Crippen LogP contribution < -0.4 is 0 Å². The van der Waals surface area contributed by atoms with Gasteiger partial charge in [0.25, 0.3) is 0 Å². The Morgan fingerprint density at radius 1 is 1.00 bits per heavy atom. The lowest BCUT2D eigenvalue weighted by Crippen LogP contribution is -2.65. The Hall–Kier alpha value is -0.200. The van der Waals surface area contributed by atoms with Crippen LogP contribution >= 0.6 is 0 Å². The summed E-state index contributed by atoms with van der Waals surface area (Å²) < 4.78 is 0. The van der Waals surface area contributed by atoms with Crippen LogP contribution in [-0.4, -0.2) is 49.5 Å². The monoisotopic (exact) mass is 287 g/mol. The molecule has 0 aromatic carbocycles. The van der Waals surface area contributed by atoms with E-state index in [0.717, 1.165) is 12.8 Å². The molecule has 2 atom stereocenters. The van der Waals surface area contributed by atoms with Crippen LogP contribution in [0.25, 0.3) is 0 Å². The normalized spacial score (nSPS) is 38.9. The number of aliphatic hydroxyl groups excluding tert-OH is 2. The Morgan fingerprint density at radius 2 is 1.55 bits per heavy atom. The molecule has 0 bridgehead atoms. The van der Waals surface area contributed by atoms with Gasteiger partial charge in [0.1, 0.15) is 6.10 Å². The Balaban J connectivity index is 2.21. The average molecular weight is 287 g/mol. The van der Waals surface area contributed by atoms with Crippen molar-refractivity contribution in [1.82, 2.24) is 5.06 Å². The number of rotatable bonds is 2. The average Bonchev–Trinajstić information content (AvgIpc) is 2.27. The van der Waals surface area contributed by atoms with Crippen LogP contribution in [0, 0.1) is 0 Å². The molecule has 0 aromatic rings. The summed E-state index contributed by atoms with van der Waals surface area (Å²) in [5.41, 5.74) is -0.790. The molecule has 1 saturated heterocycles. The lowest BCUT2D eigenvalue weighted by molar-refractivity contribution is -0.419. The Kier molecular flexibility index (Phi) is 4.22. The van der Waals surface area contributed by atoms with Crippen molar-refractivity contribution in [2.45, 2.75) is 95.3 Å². The lowest BCUT2D eigenvalue weighted by atomic mass is 9.80. The van der Waals surface area contributed by atoms with Crippen molar-refractivity contribution >= 4 is 0 Å². The van der Waals surface area contributed by atoms with Crippen LogP contribution in [0.5, 0.6) is 0 Å². The summed E-state index contributed by atoms with van der Waals surface area (Å²) in [5, 5.41) is 32.6. The third-order valence-electron chi connectivity index (χ3n) is 4.60. The predicted octanol–water partition coefficient (Wildman–Crippen LogP) is 1.56. The highest BCUT2D eigenvalue weighted by atomic mass is 16.8. The number of aliphatic hydroxyl groups is 3. The van der Waals surface area contributed by atoms with Gasteiger partial charge in [0.2, 0.25) is 5.79 Å². The van der Waals surface area contributed by atoms with Crippen LogP contribution in [0.1, 0.15) is 66.2 Å². The van der Waals surface area contributed by atoms with Gasteiger partial charge in [-0.3, -0.25) is 4.84 Å². The standard InChI is InChI=1S/C15H29NO4/c1-13(2)9-11(17)10-14(3,4)16(13)20-15(19)8-6-5-7-12(15)18/h11-12,17-19H,5-10H2,1-4H3. The Morgan fingerprint density at radius 3 is 2.05 bits per heavy atom. The summed E-state index contributed by atoms with van der Waals surface area (Å²) in [6.45, 7) is 7.98. The second kappa shape index (κ2) is 5.21. The first-order chi connectivity index (χ1) is 9.07. The highest BCUT2D eigenvalue weighted by Gasteiger charge is 2.51. The topological polar surface area (TPSA) is 73.2 Å². The van der Waals surface area contributed by atoms with Crippen molar-refractivity contribution in [3.8, 4) is 0 Å². The molecule has 0 aromatic heterocycles. The largest absolute Gasteiger partial charge is 0.393 e. The fraction of sp³-hybridized carbons (Fsp3) is 1.00. The van der Waals surface area contributed by atoms with Gasteiger partial charge in [-0.25, -0.2) is 0 Å². The first kappa shape index (κ1) is 16.2. The zero-order valence-electron chi connectivity index (χ0n) is 13.1. The van der Waals surface area contributed by atoms with Crippen molar-refractivity contribution in [1.29, 1.82) is 0 Å². The number of piperidine rings is 1. The number of hydrogen-bond donors (Lipinski definition) is 3. The van der Waals surface area contributed by atoms with Crippen molar-refractivity contribution in [3.63, 3.8) is 0 Å². The van der Waals surface area contributed by atoms with Crippen molar-refractivity contribution in [2.24, 2.45) is 0 Å². The predicted molar refractivity (Wildman–Crippen MR) is 75.7 cm³/mol. The summed E-state index contributed by atoms with van der Waals surface area (Å²) in [4.78, 5) is 5.94. The molecule has 0 radical (unpaired) electrons. The first-order valence-corrected chi connectivity index (χ1v) is 7.65. The molecular weight excluding hydrogens is 258 g/mol. The maximum atomic E-state index is 10.6. The van der Waals surface area contributed by atoms with E-state index >= 15 is 0 Å². The van der Waals surface area contributed by atoms with Crippen LogP contribution in [0.3, 0.4) is 0 Å². The summed E-state index contributed by atoms with van der Waals surface area (Å²) >= 11 is 0. The number of hydrogen-bond acceptors (Lipinski definition) is 5. The van der Waals surface area contributed by atoms with E-state index in [2.05, 4.69) is 0 Å². The van der Waals surface area contributed by atoms with Crippen LogP contribution in [-0.2, 0) is 4.84 Å². The molecule has 0 amide bonds. The van der Waals surface area contributed by atoms with Gasteiger partial charge in [0, 0.05) is 17.5 Å². The third-order valence-corrected chi connectivity index (χ3v) is 4.60. The molecule has 2 unspecified atom stereocenters. The smallest absolute Gasteiger partial charge is 0.211 e. The van der Waals surface area contributed by atoms with E-state index in [1.54, 1.807) is 5.06 Å². The molecule has 5 heteroatoms. The molecule has 0 spiro atoms. The van der Waals surface area contributed by atoms with Crippen LogP contribution in [0.15, 0.2) is 0 Å². The minimum absolute atomic E-state index is 0.370. The highest BCUT2D eigenvalue weighted by molar-refractivity contribution is 4.97. The fourth-order valence-corrected chi connectivity index (χ4v) is 3.83. The summed E-state index contributed by atoms with van der Waals surface area (Å²) in [7, 11) is 0. The molecule has 1 saturated carbocycles. The quantitative estimate of drug-likeness (QED) is 0.672. The van der Waals surface area contributed by atoms with Crippen LogP contribution in [0.4, 0.5) is 0 Å². The second-order valence-corrected chi connectivity index (χ2v) is 7.68. The Bertz CT molecular complexity index is 340. The van der Waals surface area contributed by atoms with Crippen LogP contribution in [0.2, 0.25) is 0 Å². The minimum atomic E-state index is -1.50. The van der Waals surface area contributed by atoms with Gasteiger partial charge in [-0.2, -0.15) is 5.06 Å². The Labute approximate surface area is 121 Å². The maximum Gasteiger partial charge on any atom is 0.211 e. The van der Waals surface area contributed by atoms with Crippen molar-refractivity contribution < 1.29 is 20.2 Å². The molecular formula is C15H29NO4. The zero-order valence-corrected chi connectivity index (χ0v) is 13.1. The molecule has 1 heterocycles. The molecule has 2 fully saturated rings. The van der Waals surface area contributed by atoms with E-state index < -0.39 is 23.0 Å². The summed E-state index contributed by atoms with van der Waals surface area (Å²) in [5.74, 6) is -1.50. The lowest BCUT2D eigenvalue weighted by Gasteiger charge is -2.55. The van der Waals surface area contributed by atoms with E-state index in [0.29, 0.717) is 25.7 Å². The molecule has 5 nitrogen and oxygen atoms in total. The highest BCUT2D eigenvalue weighted by Crippen LogP contribution is 2.42. The summed E-state index contributed by atoms with van der Waals surface area (Å²) in [6, 6.07) is 0. The SMILES string of the molecule is CC1(C)CC(O)CC(C)(C)N1OC1(O)CCCCC1O. The van der Waals surface area contributed by atoms with Gasteiger partial charge in [-0.05, 0) is 53.4 Å². The molecule has 20 heavy (non-hydrogen) atoms. The van der Waals surface area contributed by atoms with Crippen molar-refractivity contribution in [2.75, 3.05) is 0 Å². The molecule has 118 valence electrons. The van der Waals surface area contributed by atoms with E-state index in [9.17, 15) is 15.3 Å². The number of hydroxylamine groups is 2. The summed E-state index contributed by atoms with van der Waals surface area (Å²) in [6.07, 6.45) is 2.72. The zero-order chi connectivity index (χ0) is 15.2. The molecule has 1 aliphatic carbocycles. The molecule has 3 N–H and O–H groups in total. The van der Waals surface area contributed by atoms with E-state index in [-0.39, 0.29) is 6.10 Å². The first-order valence-electron chi connectivity index (χ1n) is 7.65. The minimum Gasteiger partial charge on any atom is -0.393 e. The van der Waals surface area contributed by atoms with Gasteiger partial charge < -0.3 is 15.3 Å². The van der Waals surface area contributed by atoms with Gasteiger partial charge >= 0.3 is 0 Å². The van der Waals surface area contributed by atoms with Crippen molar-refractivity contribution in [3.05, 3.63) is 0 Å². The molecule has 2 rings (SSSR count). The molecule has 2 aliphatic rings. The second-order valence-electron chi connectivity index (χ2n) is 7.68. The van der Waals surface area contributed by atoms with Gasteiger partial charge in [0.15, 0.2) is 0 Å². The van der Waals surface area contributed by atoms with Gasteiger partial charge in [-0.1, -0.05) is 6.42 Å². The maximum absolute atomic E-state index is 10.6. The van der Waals surface area contributed by atoms with E-state index in [1.807, 2.05) is 27.7 Å². The molecule has 1 aliphatic heterocycles. The fourth-order valence-electron chi connectivity index (χ4n) is 3.83. The van der Waals surface area contributed by atoms with E-state index in [4.69, 9.17) is 4.84 Å². The van der Waals surface area contributed by atoms with Gasteiger partial charge in [0.05, 0.1) is 6.10 Å². The third kappa shape index (κ3) is 3.02. The van der Waals surface area contributed by atoms with E-state index in [1.165, 1.54) is 0 Å².